The first-order chi connectivity index (χ1) is 6.70. The minimum atomic E-state index is 0.352. The summed E-state index contributed by atoms with van der Waals surface area (Å²) in [5.41, 5.74) is 2.04. The normalized spacial score (nSPS) is 10.2. The van der Waals surface area contributed by atoms with Crippen LogP contribution in [0.1, 0.15) is 31.4 Å². The van der Waals surface area contributed by atoms with Gasteiger partial charge in [0.1, 0.15) is 11.5 Å². The number of hydrogen-bond acceptors (Lipinski definition) is 2. The Morgan fingerprint density at radius 1 is 1.29 bits per heavy atom. The first-order valence-corrected chi connectivity index (χ1v) is 5.14. The van der Waals surface area contributed by atoms with E-state index in [4.69, 9.17) is 4.74 Å². The van der Waals surface area contributed by atoms with E-state index in [0.717, 1.165) is 36.3 Å². The molecule has 0 aliphatic rings. The third kappa shape index (κ3) is 2.19. The minimum Gasteiger partial charge on any atom is -0.508 e. The molecule has 1 aromatic rings. The van der Waals surface area contributed by atoms with Crippen LogP contribution in [0.3, 0.4) is 0 Å². The lowest BCUT2D eigenvalue weighted by Gasteiger charge is -2.13. The number of ether oxygens (including phenoxy) is 1. The summed E-state index contributed by atoms with van der Waals surface area (Å²) in [6.45, 7) is 6.81. The van der Waals surface area contributed by atoms with E-state index in [1.807, 2.05) is 13.0 Å². The molecule has 1 rings (SSSR count). The fourth-order valence-corrected chi connectivity index (χ4v) is 1.51. The highest BCUT2D eigenvalue weighted by Crippen LogP contribution is 2.29. The van der Waals surface area contributed by atoms with Crippen molar-refractivity contribution in [1.29, 1.82) is 0 Å². The van der Waals surface area contributed by atoms with Gasteiger partial charge in [0.15, 0.2) is 0 Å². The molecular formula is C12H18O2. The number of rotatable bonds is 4. The Kier molecular flexibility index (Phi) is 3.81. The number of phenols is 1. The highest BCUT2D eigenvalue weighted by atomic mass is 16.5. The highest BCUT2D eigenvalue weighted by molar-refractivity contribution is 5.47. The molecule has 0 amide bonds. The lowest BCUT2D eigenvalue weighted by molar-refractivity contribution is 0.313. The van der Waals surface area contributed by atoms with Crippen LogP contribution in [0.4, 0.5) is 0 Å². The van der Waals surface area contributed by atoms with E-state index < -0.39 is 0 Å². The van der Waals surface area contributed by atoms with Crippen LogP contribution in [0.15, 0.2) is 12.1 Å². The van der Waals surface area contributed by atoms with Gasteiger partial charge in [0.25, 0.3) is 0 Å². The van der Waals surface area contributed by atoms with Crippen LogP contribution in [-0.2, 0) is 6.42 Å². The van der Waals surface area contributed by atoms with E-state index in [2.05, 4.69) is 13.8 Å². The molecule has 0 unspecified atom stereocenters. The molecule has 0 heterocycles. The molecule has 14 heavy (non-hydrogen) atoms. The van der Waals surface area contributed by atoms with Crippen molar-refractivity contribution >= 4 is 0 Å². The molecule has 1 aromatic carbocycles. The van der Waals surface area contributed by atoms with Crippen molar-refractivity contribution in [3.8, 4) is 11.5 Å². The van der Waals surface area contributed by atoms with Gasteiger partial charge in [-0.1, -0.05) is 13.8 Å². The van der Waals surface area contributed by atoms with Gasteiger partial charge in [0, 0.05) is 5.56 Å². The molecule has 0 radical (unpaired) electrons. The molecule has 0 aliphatic carbocycles. The summed E-state index contributed by atoms with van der Waals surface area (Å²) in [7, 11) is 0. The summed E-state index contributed by atoms with van der Waals surface area (Å²) >= 11 is 0. The van der Waals surface area contributed by atoms with E-state index in [1.54, 1.807) is 6.07 Å². The zero-order valence-corrected chi connectivity index (χ0v) is 9.13. The van der Waals surface area contributed by atoms with Crippen LogP contribution in [-0.4, -0.2) is 11.7 Å². The maximum Gasteiger partial charge on any atom is 0.122 e. The second kappa shape index (κ2) is 4.89. The largest absolute Gasteiger partial charge is 0.508 e. The van der Waals surface area contributed by atoms with Gasteiger partial charge in [-0.25, -0.2) is 0 Å². The van der Waals surface area contributed by atoms with Crippen molar-refractivity contribution in [2.75, 3.05) is 6.61 Å². The van der Waals surface area contributed by atoms with Gasteiger partial charge in [-0.05, 0) is 37.5 Å². The van der Waals surface area contributed by atoms with Crippen LogP contribution < -0.4 is 4.74 Å². The van der Waals surface area contributed by atoms with Crippen molar-refractivity contribution in [3.63, 3.8) is 0 Å². The van der Waals surface area contributed by atoms with E-state index in [1.165, 1.54) is 0 Å². The minimum absolute atomic E-state index is 0.352. The van der Waals surface area contributed by atoms with Crippen molar-refractivity contribution < 1.29 is 9.84 Å². The van der Waals surface area contributed by atoms with Crippen LogP contribution in [0, 0.1) is 6.92 Å². The Labute approximate surface area is 85.5 Å². The molecule has 1 N–H and O–H groups in total. The number of phenolic OH excluding ortho intramolecular Hbond substituents is 1. The van der Waals surface area contributed by atoms with Gasteiger partial charge in [0.2, 0.25) is 0 Å². The molecule has 2 nitrogen and oxygen atoms in total. The first-order valence-electron chi connectivity index (χ1n) is 5.14. The molecule has 78 valence electrons. The molecule has 2 heteroatoms. The van der Waals surface area contributed by atoms with E-state index in [9.17, 15) is 5.11 Å². The molecule has 0 saturated carbocycles. The maximum absolute atomic E-state index is 9.53. The summed E-state index contributed by atoms with van der Waals surface area (Å²) in [5, 5.41) is 9.53. The second-order valence-corrected chi connectivity index (χ2v) is 3.39. The topological polar surface area (TPSA) is 29.5 Å². The van der Waals surface area contributed by atoms with E-state index in [0.29, 0.717) is 5.75 Å². The predicted octanol–water partition coefficient (Wildman–Crippen LogP) is 3.05. The lowest BCUT2D eigenvalue weighted by Crippen LogP contribution is -2.00. The third-order valence-electron chi connectivity index (χ3n) is 2.34. The average molecular weight is 194 g/mol. The quantitative estimate of drug-likeness (QED) is 0.798. The van der Waals surface area contributed by atoms with Crippen molar-refractivity contribution in [2.45, 2.75) is 33.6 Å². The summed E-state index contributed by atoms with van der Waals surface area (Å²) in [6.07, 6.45) is 1.89. The molecule has 0 aromatic heterocycles. The number of hydrogen-bond donors (Lipinski definition) is 1. The van der Waals surface area contributed by atoms with Gasteiger partial charge in [-0.3, -0.25) is 0 Å². The van der Waals surface area contributed by atoms with Crippen LogP contribution in [0.2, 0.25) is 0 Å². The summed E-state index contributed by atoms with van der Waals surface area (Å²) in [6, 6.07) is 3.54. The monoisotopic (exact) mass is 194 g/mol. The average Bonchev–Trinajstić information content (AvgIpc) is 2.20. The molecular weight excluding hydrogens is 176 g/mol. The van der Waals surface area contributed by atoms with Crippen molar-refractivity contribution in [2.24, 2.45) is 0 Å². The predicted molar refractivity (Wildman–Crippen MR) is 58.0 cm³/mol. The number of aromatic hydroxyl groups is 1. The van der Waals surface area contributed by atoms with E-state index >= 15 is 0 Å². The summed E-state index contributed by atoms with van der Waals surface area (Å²) in [5.74, 6) is 1.26. The molecule has 0 saturated heterocycles. The maximum atomic E-state index is 9.53. The van der Waals surface area contributed by atoms with Crippen LogP contribution >= 0.6 is 0 Å². The van der Waals surface area contributed by atoms with Gasteiger partial charge in [-0.2, -0.15) is 0 Å². The van der Waals surface area contributed by atoms with Gasteiger partial charge < -0.3 is 9.84 Å². The molecule has 0 atom stereocenters. The van der Waals surface area contributed by atoms with E-state index in [-0.39, 0.29) is 0 Å². The van der Waals surface area contributed by atoms with Crippen molar-refractivity contribution in [1.82, 2.24) is 0 Å². The fraction of sp³-hybridized carbons (Fsp3) is 0.500. The lowest BCUT2D eigenvalue weighted by atomic mass is 10.0. The summed E-state index contributed by atoms with van der Waals surface area (Å²) in [4.78, 5) is 0. The Hall–Kier alpha value is -1.18. The first kappa shape index (κ1) is 10.9. The summed E-state index contributed by atoms with van der Waals surface area (Å²) < 4.78 is 5.60. The van der Waals surface area contributed by atoms with Crippen LogP contribution in [0.5, 0.6) is 11.5 Å². The second-order valence-electron chi connectivity index (χ2n) is 3.39. The Bertz CT molecular complexity index is 305. The number of benzene rings is 1. The zero-order chi connectivity index (χ0) is 10.6. The van der Waals surface area contributed by atoms with Crippen molar-refractivity contribution in [3.05, 3.63) is 23.3 Å². The SMILES string of the molecule is CCCOc1ccc(O)c(C)c1CC. The molecule has 0 bridgehead atoms. The standard InChI is InChI=1S/C12H18O2/c1-4-8-14-12-7-6-11(13)9(3)10(12)5-2/h6-7,13H,4-5,8H2,1-3H3. The highest BCUT2D eigenvalue weighted by Gasteiger charge is 2.08. The zero-order valence-electron chi connectivity index (χ0n) is 9.13. The van der Waals surface area contributed by atoms with Gasteiger partial charge >= 0.3 is 0 Å². The third-order valence-corrected chi connectivity index (χ3v) is 2.34. The van der Waals surface area contributed by atoms with Crippen LogP contribution in [0.25, 0.3) is 0 Å². The fourth-order valence-electron chi connectivity index (χ4n) is 1.51. The molecule has 0 fully saturated rings. The molecule has 0 aliphatic heterocycles. The Balaban J connectivity index is 2.98. The Morgan fingerprint density at radius 2 is 2.00 bits per heavy atom. The Morgan fingerprint density at radius 3 is 2.57 bits per heavy atom. The van der Waals surface area contributed by atoms with Gasteiger partial charge in [0.05, 0.1) is 6.61 Å². The molecule has 0 spiro atoms. The van der Waals surface area contributed by atoms with Gasteiger partial charge in [-0.15, -0.1) is 0 Å². The smallest absolute Gasteiger partial charge is 0.122 e.